The minimum Gasteiger partial charge on any atom is -0.381 e. The molecule has 1 N–H and O–H groups in total. The van der Waals surface area contributed by atoms with Crippen molar-refractivity contribution in [3.8, 4) is 0 Å². The molecule has 1 aromatic carbocycles. The van der Waals surface area contributed by atoms with E-state index in [1.807, 2.05) is 12.1 Å². The lowest BCUT2D eigenvalue weighted by Crippen LogP contribution is -2.25. The summed E-state index contributed by atoms with van der Waals surface area (Å²) in [6.45, 7) is 0. The van der Waals surface area contributed by atoms with Crippen LogP contribution in [0.15, 0.2) is 29.2 Å². The second kappa shape index (κ2) is 6.59. The van der Waals surface area contributed by atoms with Crippen LogP contribution < -0.4 is 5.32 Å². The molecule has 2 rings (SSSR count). The van der Waals surface area contributed by atoms with Crippen LogP contribution in [0.25, 0.3) is 0 Å². The van der Waals surface area contributed by atoms with Gasteiger partial charge in [0.1, 0.15) is 4.90 Å². The molecule has 1 aliphatic carbocycles. The SMILES string of the molecule is CN(C)S(=O)(=O)c1ccccc1NC1CCCCCC1. The minimum absolute atomic E-state index is 0.370. The van der Waals surface area contributed by atoms with E-state index in [4.69, 9.17) is 0 Å². The molecule has 0 amide bonds. The van der Waals surface area contributed by atoms with Gasteiger partial charge in [-0.15, -0.1) is 0 Å². The summed E-state index contributed by atoms with van der Waals surface area (Å²) in [6.07, 6.45) is 7.26. The van der Waals surface area contributed by atoms with E-state index in [9.17, 15) is 8.42 Å². The molecule has 0 unspecified atom stereocenters. The van der Waals surface area contributed by atoms with E-state index < -0.39 is 10.0 Å². The molecule has 0 bridgehead atoms. The third-order valence-electron chi connectivity index (χ3n) is 3.86. The Morgan fingerprint density at radius 3 is 2.25 bits per heavy atom. The van der Waals surface area contributed by atoms with Crippen LogP contribution in [-0.2, 0) is 10.0 Å². The first kappa shape index (κ1) is 15.3. The van der Waals surface area contributed by atoms with Crippen molar-refractivity contribution in [2.45, 2.75) is 49.5 Å². The number of para-hydroxylation sites is 1. The summed E-state index contributed by atoms with van der Waals surface area (Å²) < 4.78 is 26.0. The predicted octanol–water partition coefficient (Wildman–Crippen LogP) is 3.07. The molecular weight excluding hydrogens is 272 g/mol. The summed E-state index contributed by atoms with van der Waals surface area (Å²) >= 11 is 0. The van der Waals surface area contributed by atoms with Crippen molar-refractivity contribution < 1.29 is 8.42 Å². The summed E-state index contributed by atoms with van der Waals surface area (Å²) in [5, 5.41) is 3.44. The summed E-state index contributed by atoms with van der Waals surface area (Å²) in [5.41, 5.74) is 0.730. The molecule has 0 heterocycles. The monoisotopic (exact) mass is 296 g/mol. The van der Waals surface area contributed by atoms with Crippen LogP contribution in [0.2, 0.25) is 0 Å². The van der Waals surface area contributed by atoms with Crippen LogP contribution in [0.3, 0.4) is 0 Å². The van der Waals surface area contributed by atoms with Gasteiger partial charge in [0.15, 0.2) is 0 Å². The third-order valence-corrected chi connectivity index (χ3v) is 5.73. The van der Waals surface area contributed by atoms with Crippen LogP contribution in [0, 0.1) is 0 Å². The standard InChI is InChI=1S/C15H24N2O2S/c1-17(2)20(18,19)15-12-8-7-11-14(15)16-13-9-5-3-4-6-10-13/h7-8,11-13,16H,3-6,9-10H2,1-2H3. The number of rotatable bonds is 4. The highest BCUT2D eigenvalue weighted by Gasteiger charge is 2.22. The zero-order chi connectivity index (χ0) is 14.6. The molecule has 20 heavy (non-hydrogen) atoms. The first-order chi connectivity index (χ1) is 9.51. The van der Waals surface area contributed by atoms with Gasteiger partial charge in [-0.05, 0) is 25.0 Å². The van der Waals surface area contributed by atoms with Gasteiger partial charge in [0.25, 0.3) is 0 Å². The molecule has 0 atom stereocenters. The van der Waals surface area contributed by atoms with Gasteiger partial charge in [0, 0.05) is 20.1 Å². The molecule has 5 heteroatoms. The normalized spacial score (nSPS) is 17.9. The van der Waals surface area contributed by atoms with Crippen LogP contribution >= 0.6 is 0 Å². The van der Waals surface area contributed by atoms with Gasteiger partial charge in [-0.2, -0.15) is 0 Å². The quantitative estimate of drug-likeness (QED) is 0.869. The lowest BCUT2D eigenvalue weighted by Gasteiger charge is -2.21. The van der Waals surface area contributed by atoms with Crippen molar-refractivity contribution in [2.24, 2.45) is 0 Å². The van der Waals surface area contributed by atoms with E-state index >= 15 is 0 Å². The summed E-state index contributed by atoms with van der Waals surface area (Å²) in [5.74, 6) is 0. The van der Waals surface area contributed by atoms with E-state index in [0.717, 1.165) is 18.5 Å². The Labute approximate surface area is 122 Å². The van der Waals surface area contributed by atoms with Gasteiger partial charge in [-0.25, -0.2) is 12.7 Å². The van der Waals surface area contributed by atoms with Gasteiger partial charge in [-0.1, -0.05) is 37.8 Å². The third kappa shape index (κ3) is 3.52. The Morgan fingerprint density at radius 1 is 1.05 bits per heavy atom. The summed E-state index contributed by atoms with van der Waals surface area (Å²) in [6, 6.07) is 7.58. The van der Waals surface area contributed by atoms with E-state index in [0.29, 0.717) is 10.9 Å². The number of hydrogen-bond acceptors (Lipinski definition) is 3. The van der Waals surface area contributed by atoms with Crippen molar-refractivity contribution in [1.82, 2.24) is 4.31 Å². The van der Waals surface area contributed by atoms with Gasteiger partial charge >= 0.3 is 0 Å². The van der Waals surface area contributed by atoms with Crippen LogP contribution in [-0.4, -0.2) is 32.9 Å². The maximum absolute atomic E-state index is 12.3. The van der Waals surface area contributed by atoms with Crippen molar-refractivity contribution >= 4 is 15.7 Å². The highest BCUT2D eigenvalue weighted by molar-refractivity contribution is 7.89. The van der Waals surface area contributed by atoms with Gasteiger partial charge in [-0.3, -0.25) is 0 Å². The Kier molecular flexibility index (Phi) is 5.05. The number of anilines is 1. The molecule has 112 valence electrons. The largest absolute Gasteiger partial charge is 0.381 e. The van der Waals surface area contributed by atoms with Crippen LogP contribution in [0.4, 0.5) is 5.69 Å². The van der Waals surface area contributed by atoms with Crippen molar-refractivity contribution in [3.05, 3.63) is 24.3 Å². The molecule has 0 spiro atoms. The number of nitrogens with zero attached hydrogens (tertiary/aromatic N) is 1. The molecule has 0 aliphatic heterocycles. The maximum atomic E-state index is 12.3. The first-order valence-corrected chi connectivity index (χ1v) is 8.74. The van der Waals surface area contributed by atoms with Crippen LogP contribution in [0.1, 0.15) is 38.5 Å². The molecule has 0 radical (unpaired) electrons. The Balaban J connectivity index is 2.24. The molecule has 1 aromatic rings. The highest BCUT2D eigenvalue weighted by Crippen LogP contribution is 2.27. The molecule has 1 saturated carbocycles. The van der Waals surface area contributed by atoms with Gasteiger partial charge < -0.3 is 5.32 Å². The van der Waals surface area contributed by atoms with E-state index in [-0.39, 0.29) is 0 Å². The number of sulfonamides is 1. The summed E-state index contributed by atoms with van der Waals surface area (Å²) in [4.78, 5) is 0.370. The number of nitrogens with one attached hydrogen (secondary N) is 1. The van der Waals surface area contributed by atoms with Crippen molar-refractivity contribution in [2.75, 3.05) is 19.4 Å². The highest BCUT2D eigenvalue weighted by atomic mass is 32.2. The van der Waals surface area contributed by atoms with Gasteiger partial charge in [0.05, 0.1) is 5.69 Å². The minimum atomic E-state index is -3.40. The lowest BCUT2D eigenvalue weighted by atomic mass is 10.1. The van der Waals surface area contributed by atoms with E-state index in [1.165, 1.54) is 30.0 Å². The fourth-order valence-electron chi connectivity index (χ4n) is 2.65. The number of benzene rings is 1. The molecular formula is C15H24N2O2S. The zero-order valence-electron chi connectivity index (χ0n) is 12.3. The Hall–Kier alpha value is -1.07. The second-order valence-corrected chi connectivity index (χ2v) is 7.74. The molecule has 0 aromatic heterocycles. The van der Waals surface area contributed by atoms with E-state index in [1.54, 1.807) is 26.2 Å². The second-order valence-electron chi connectivity index (χ2n) is 5.62. The summed E-state index contributed by atoms with van der Waals surface area (Å²) in [7, 11) is -0.262. The Morgan fingerprint density at radius 2 is 1.65 bits per heavy atom. The van der Waals surface area contributed by atoms with Gasteiger partial charge in [0.2, 0.25) is 10.0 Å². The Bertz CT molecular complexity index is 533. The fourth-order valence-corrected chi connectivity index (χ4v) is 3.70. The van der Waals surface area contributed by atoms with Crippen molar-refractivity contribution in [3.63, 3.8) is 0 Å². The van der Waals surface area contributed by atoms with E-state index in [2.05, 4.69) is 5.32 Å². The average molecular weight is 296 g/mol. The number of hydrogen-bond donors (Lipinski definition) is 1. The molecule has 1 aliphatic rings. The smallest absolute Gasteiger partial charge is 0.244 e. The molecule has 4 nitrogen and oxygen atoms in total. The predicted molar refractivity (Wildman–Crippen MR) is 82.4 cm³/mol. The average Bonchev–Trinajstić information content (AvgIpc) is 2.67. The lowest BCUT2D eigenvalue weighted by molar-refractivity contribution is 0.520. The van der Waals surface area contributed by atoms with Crippen molar-refractivity contribution in [1.29, 1.82) is 0 Å². The maximum Gasteiger partial charge on any atom is 0.244 e. The van der Waals surface area contributed by atoms with Crippen LogP contribution in [0.5, 0.6) is 0 Å². The fraction of sp³-hybridized carbons (Fsp3) is 0.600. The zero-order valence-corrected chi connectivity index (χ0v) is 13.1. The first-order valence-electron chi connectivity index (χ1n) is 7.30. The molecule has 0 saturated heterocycles. The topological polar surface area (TPSA) is 49.4 Å². The molecule has 1 fully saturated rings.